The Morgan fingerprint density at radius 3 is 1.93 bits per heavy atom. The third-order valence-corrected chi connectivity index (χ3v) is 3.88. The molecule has 0 aliphatic carbocycles. The second-order valence-electron chi connectivity index (χ2n) is 8.02. The summed E-state index contributed by atoms with van der Waals surface area (Å²) in [5.74, 6) is 0.107. The summed E-state index contributed by atoms with van der Waals surface area (Å²) in [6.45, 7) is 11.4. The van der Waals surface area contributed by atoms with Crippen molar-refractivity contribution in [1.82, 2.24) is 19.9 Å². The van der Waals surface area contributed by atoms with E-state index in [-0.39, 0.29) is 22.6 Å². The molecule has 10 heteroatoms. The van der Waals surface area contributed by atoms with Crippen LogP contribution in [0.2, 0.25) is 5.02 Å². The second kappa shape index (κ2) is 8.61. The van der Waals surface area contributed by atoms with E-state index in [4.69, 9.17) is 28.3 Å². The first-order valence-corrected chi connectivity index (χ1v) is 8.70. The largest absolute Gasteiger partial charge is 0.382 e. The van der Waals surface area contributed by atoms with Gasteiger partial charge < -0.3 is 11.5 Å². The molecule has 2 aromatic heterocycles. The molecule has 0 bridgehead atoms. The smallest absolute Gasteiger partial charge is 0.281 e. The minimum absolute atomic E-state index is 0.0891. The normalized spacial score (nSPS) is 11.6. The van der Waals surface area contributed by atoms with Gasteiger partial charge in [0.15, 0.2) is 0 Å². The highest BCUT2D eigenvalue weighted by molar-refractivity contribution is 6.33. The van der Waals surface area contributed by atoms with Crippen LogP contribution < -0.4 is 11.5 Å². The predicted octanol–water partition coefficient (Wildman–Crippen LogP) is 4.18. The van der Waals surface area contributed by atoms with E-state index >= 15 is 0 Å². The molecule has 0 unspecified atom stereocenters. The first-order valence-electron chi connectivity index (χ1n) is 8.32. The molecule has 2 rings (SSSR count). The molecule has 0 atom stereocenters. The minimum atomic E-state index is -2.83. The van der Waals surface area contributed by atoms with Gasteiger partial charge in [-0.2, -0.15) is 5.26 Å². The number of halogens is 3. The molecule has 0 saturated heterocycles. The van der Waals surface area contributed by atoms with Gasteiger partial charge in [-0.15, -0.1) is 0 Å². The van der Waals surface area contributed by atoms with Crippen molar-refractivity contribution >= 4 is 23.4 Å². The van der Waals surface area contributed by atoms with E-state index in [0.717, 1.165) is 5.69 Å². The van der Waals surface area contributed by atoms with Crippen molar-refractivity contribution in [1.29, 1.82) is 5.26 Å². The molecule has 0 aromatic carbocycles. The molecule has 152 valence electrons. The van der Waals surface area contributed by atoms with Gasteiger partial charge in [-0.1, -0.05) is 53.1 Å². The fourth-order valence-corrected chi connectivity index (χ4v) is 2.59. The zero-order valence-electron chi connectivity index (χ0n) is 16.7. The fraction of sp³-hybridized carbons (Fsp3) is 0.500. The highest BCUT2D eigenvalue weighted by atomic mass is 35.5. The third-order valence-electron chi connectivity index (χ3n) is 3.51. The average molecular weight is 412 g/mol. The summed E-state index contributed by atoms with van der Waals surface area (Å²) < 4.78 is 25.3. The number of nitrogens with two attached hydrogens (primary N) is 2. The van der Waals surface area contributed by atoms with Crippen LogP contribution in [0.1, 0.15) is 70.6 Å². The summed E-state index contributed by atoms with van der Waals surface area (Å²) in [7, 11) is 0. The Morgan fingerprint density at radius 1 is 1.00 bits per heavy atom. The summed E-state index contributed by atoms with van der Waals surface area (Å²) in [4.78, 5) is 15.2. The standard InChI is InChI=1S/C10H12F2N4.C8H12ClN3/c1-10(2,3)7-5(4-13)6(8(11)12)15-9(14)16-7;1-8(2,3)6-5(9)7(10)12-4-11-6/h8H,1-3H3,(H2,14,15,16);4H,1-3H3,(H2,10,11,12). The summed E-state index contributed by atoms with van der Waals surface area (Å²) in [6.07, 6.45) is -1.40. The van der Waals surface area contributed by atoms with Crippen LogP contribution in [-0.2, 0) is 10.8 Å². The Kier molecular flexibility index (Phi) is 7.20. The molecule has 0 fully saturated rings. The van der Waals surface area contributed by atoms with Gasteiger partial charge in [0.05, 0.1) is 11.4 Å². The Labute approximate surface area is 168 Å². The number of hydrogen-bond acceptors (Lipinski definition) is 7. The number of anilines is 2. The maximum Gasteiger partial charge on any atom is 0.281 e. The zero-order chi connectivity index (χ0) is 21.9. The lowest BCUT2D eigenvalue weighted by Crippen LogP contribution is -2.19. The molecule has 28 heavy (non-hydrogen) atoms. The van der Waals surface area contributed by atoms with Crippen LogP contribution >= 0.6 is 11.6 Å². The molecule has 0 saturated carbocycles. The molecule has 0 radical (unpaired) electrons. The number of alkyl halides is 2. The van der Waals surface area contributed by atoms with Crippen LogP contribution in [0.15, 0.2) is 6.33 Å². The lowest BCUT2D eigenvalue weighted by Gasteiger charge is -2.20. The molecule has 0 aliphatic heterocycles. The van der Waals surface area contributed by atoms with E-state index in [0.29, 0.717) is 10.8 Å². The Morgan fingerprint density at radius 2 is 1.54 bits per heavy atom. The van der Waals surface area contributed by atoms with Crippen LogP contribution in [0.3, 0.4) is 0 Å². The predicted molar refractivity (Wildman–Crippen MR) is 105 cm³/mol. The molecular weight excluding hydrogens is 388 g/mol. The van der Waals surface area contributed by atoms with E-state index in [1.807, 2.05) is 20.8 Å². The Hall–Kier alpha value is -2.60. The molecule has 0 spiro atoms. The van der Waals surface area contributed by atoms with Gasteiger partial charge in [0.2, 0.25) is 5.95 Å². The van der Waals surface area contributed by atoms with Crippen LogP contribution in [0.5, 0.6) is 0 Å². The van der Waals surface area contributed by atoms with Crippen LogP contribution in [0.25, 0.3) is 0 Å². The van der Waals surface area contributed by atoms with E-state index in [1.165, 1.54) is 6.33 Å². The minimum Gasteiger partial charge on any atom is -0.382 e. The van der Waals surface area contributed by atoms with E-state index in [2.05, 4.69) is 19.9 Å². The molecule has 2 aromatic rings. The molecule has 0 aliphatic rings. The fourth-order valence-electron chi connectivity index (χ4n) is 2.21. The van der Waals surface area contributed by atoms with Crippen molar-refractivity contribution in [3.63, 3.8) is 0 Å². The van der Waals surface area contributed by atoms with Crippen LogP contribution in [0.4, 0.5) is 20.5 Å². The number of rotatable bonds is 1. The monoisotopic (exact) mass is 411 g/mol. The van der Waals surface area contributed by atoms with E-state index in [9.17, 15) is 8.78 Å². The first-order chi connectivity index (χ1) is 12.7. The first kappa shape index (κ1) is 23.4. The summed E-state index contributed by atoms with van der Waals surface area (Å²) in [5.41, 5.74) is 10.5. The number of hydrogen-bond donors (Lipinski definition) is 2. The van der Waals surface area contributed by atoms with Crippen molar-refractivity contribution in [3.05, 3.63) is 34.0 Å². The number of nitrogens with zero attached hydrogens (tertiary/aromatic N) is 5. The van der Waals surface area contributed by atoms with Crippen LogP contribution in [0, 0.1) is 11.3 Å². The van der Waals surface area contributed by atoms with Crippen molar-refractivity contribution in [2.24, 2.45) is 0 Å². The van der Waals surface area contributed by atoms with Gasteiger partial charge in [0, 0.05) is 10.8 Å². The highest BCUT2D eigenvalue weighted by Gasteiger charge is 2.27. The molecule has 0 amide bonds. The van der Waals surface area contributed by atoms with Gasteiger partial charge >= 0.3 is 0 Å². The number of aromatic nitrogens is 4. The Bertz CT molecular complexity index is 881. The summed E-state index contributed by atoms with van der Waals surface area (Å²) >= 11 is 5.93. The zero-order valence-corrected chi connectivity index (χ0v) is 17.4. The quantitative estimate of drug-likeness (QED) is 0.720. The van der Waals surface area contributed by atoms with Gasteiger partial charge in [0.25, 0.3) is 6.43 Å². The highest BCUT2D eigenvalue weighted by Crippen LogP contribution is 2.30. The maximum atomic E-state index is 12.7. The summed E-state index contributed by atoms with van der Waals surface area (Å²) in [5, 5.41) is 9.36. The van der Waals surface area contributed by atoms with E-state index in [1.54, 1.807) is 26.8 Å². The lowest BCUT2D eigenvalue weighted by molar-refractivity contribution is 0.145. The van der Waals surface area contributed by atoms with Crippen molar-refractivity contribution in [3.8, 4) is 6.07 Å². The van der Waals surface area contributed by atoms with Crippen molar-refractivity contribution < 1.29 is 8.78 Å². The van der Waals surface area contributed by atoms with Crippen LogP contribution in [-0.4, -0.2) is 19.9 Å². The van der Waals surface area contributed by atoms with E-state index < -0.39 is 17.5 Å². The second-order valence-corrected chi connectivity index (χ2v) is 8.40. The third kappa shape index (κ3) is 5.70. The molecule has 2 heterocycles. The topological polar surface area (TPSA) is 127 Å². The lowest BCUT2D eigenvalue weighted by atomic mass is 9.88. The van der Waals surface area contributed by atoms with Crippen molar-refractivity contribution in [2.75, 3.05) is 11.5 Å². The molecule has 4 N–H and O–H groups in total. The van der Waals surface area contributed by atoms with Gasteiger partial charge in [-0.25, -0.2) is 28.7 Å². The summed E-state index contributed by atoms with van der Waals surface area (Å²) in [6, 6.07) is 1.72. The number of nitrogen functional groups attached to an aromatic ring is 2. The van der Waals surface area contributed by atoms with Gasteiger partial charge in [0.1, 0.15) is 34.5 Å². The van der Waals surface area contributed by atoms with Gasteiger partial charge in [-0.3, -0.25) is 0 Å². The Balaban J connectivity index is 0.000000292. The number of nitriles is 1. The average Bonchev–Trinajstić information content (AvgIpc) is 2.55. The molecular formula is C18H24ClF2N7. The molecule has 7 nitrogen and oxygen atoms in total. The van der Waals surface area contributed by atoms with Gasteiger partial charge in [-0.05, 0) is 0 Å². The SMILES string of the molecule is CC(C)(C)c1nc(N)nc(C(F)F)c1C#N.CC(C)(C)c1ncnc(N)c1Cl. The maximum absolute atomic E-state index is 12.7. The van der Waals surface area contributed by atoms with Crippen molar-refractivity contribution in [2.45, 2.75) is 58.8 Å².